The highest BCUT2D eigenvalue weighted by molar-refractivity contribution is 5.88. The molecular formula is C26H36N2O3. The highest BCUT2D eigenvalue weighted by Gasteiger charge is 2.27. The zero-order valence-corrected chi connectivity index (χ0v) is 19.7. The molecule has 0 saturated carbocycles. The van der Waals surface area contributed by atoms with E-state index in [9.17, 15) is 9.59 Å². The monoisotopic (exact) mass is 424 g/mol. The number of carbonyl (C=O) groups is 2. The molecule has 5 heteroatoms. The van der Waals surface area contributed by atoms with Crippen LogP contribution in [0.5, 0.6) is 5.75 Å². The number of nitrogens with one attached hydrogen (secondary N) is 1. The predicted molar refractivity (Wildman–Crippen MR) is 125 cm³/mol. The summed E-state index contributed by atoms with van der Waals surface area (Å²) in [6.07, 6.45) is 0.844. The fourth-order valence-corrected chi connectivity index (χ4v) is 3.38. The van der Waals surface area contributed by atoms with Crippen molar-refractivity contribution in [3.8, 4) is 5.75 Å². The lowest BCUT2D eigenvalue weighted by atomic mass is 9.86. The van der Waals surface area contributed by atoms with Crippen molar-refractivity contribution in [2.45, 2.75) is 66.0 Å². The first-order valence-corrected chi connectivity index (χ1v) is 11.0. The molecule has 0 spiro atoms. The Kier molecular flexibility index (Phi) is 8.66. The number of hydrogen-bond acceptors (Lipinski definition) is 3. The predicted octanol–water partition coefficient (Wildman–Crippen LogP) is 4.61. The van der Waals surface area contributed by atoms with Crippen molar-refractivity contribution in [3.63, 3.8) is 0 Å². The maximum atomic E-state index is 13.2. The van der Waals surface area contributed by atoms with E-state index in [-0.39, 0.29) is 23.8 Å². The Hall–Kier alpha value is -2.82. The van der Waals surface area contributed by atoms with Crippen LogP contribution >= 0.6 is 0 Å². The fourth-order valence-electron chi connectivity index (χ4n) is 3.38. The van der Waals surface area contributed by atoms with Crippen molar-refractivity contribution in [2.24, 2.45) is 0 Å². The second-order valence-corrected chi connectivity index (χ2v) is 8.95. The van der Waals surface area contributed by atoms with E-state index in [1.54, 1.807) is 11.8 Å². The fraction of sp³-hybridized carbons (Fsp3) is 0.462. The molecule has 2 rings (SSSR count). The number of aryl methyl sites for hydroxylation is 1. The largest absolute Gasteiger partial charge is 0.483 e. The van der Waals surface area contributed by atoms with Crippen molar-refractivity contribution in [2.75, 3.05) is 13.2 Å². The molecule has 168 valence electrons. The maximum absolute atomic E-state index is 13.2. The van der Waals surface area contributed by atoms with Crippen LogP contribution in [0.3, 0.4) is 0 Å². The zero-order valence-electron chi connectivity index (χ0n) is 19.7. The van der Waals surface area contributed by atoms with Gasteiger partial charge in [-0.2, -0.15) is 0 Å². The van der Waals surface area contributed by atoms with Crippen LogP contribution in [0.1, 0.15) is 57.7 Å². The summed E-state index contributed by atoms with van der Waals surface area (Å²) in [6.45, 7) is 12.9. The quantitative estimate of drug-likeness (QED) is 0.639. The van der Waals surface area contributed by atoms with Gasteiger partial charge in [0, 0.05) is 13.1 Å². The minimum atomic E-state index is -0.597. The highest BCUT2D eigenvalue weighted by Crippen LogP contribution is 2.31. The summed E-state index contributed by atoms with van der Waals surface area (Å²) in [4.78, 5) is 27.5. The lowest BCUT2D eigenvalue weighted by molar-refractivity contribution is -0.142. The highest BCUT2D eigenvalue weighted by atomic mass is 16.5. The zero-order chi connectivity index (χ0) is 23.0. The van der Waals surface area contributed by atoms with Crippen molar-refractivity contribution in [1.29, 1.82) is 0 Å². The van der Waals surface area contributed by atoms with Crippen LogP contribution in [0, 0.1) is 6.92 Å². The second kappa shape index (κ2) is 11.0. The molecule has 2 aromatic rings. The third kappa shape index (κ3) is 6.84. The van der Waals surface area contributed by atoms with Crippen LogP contribution in [0.15, 0.2) is 48.5 Å². The van der Waals surface area contributed by atoms with Gasteiger partial charge in [0.1, 0.15) is 11.8 Å². The van der Waals surface area contributed by atoms with Crippen molar-refractivity contribution >= 4 is 11.8 Å². The topological polar surface area (TPSA) is 58.6 Å². The summed E-state index contributed by atoms with van der Waals surface area (Å²) < 4.78 is 5.96. The van der Waals surface area contributed by atoms with Gasteiger partial charge in [0.05, 0.1) is 0 Å². The lowest BCUT2D eigenvalue weighted by Gasteiger charge is -2.30. The Morgan fingerprint density at radius 1 is 1.06 bits per heavy atom. The average Bonchev–Trinajstić information content (AvgIpc) is 2.74. The van der Waals surface area contributed by atoms with E-state index < -0.39 is 6.04 Å². The number of amides is 2. The molecule has 2 amide bonds. The van der Waals surface area contributed by atoms with Gasteiger partial charge in [-0.1, -0.05) is 70.2 Å². The van der Waals surface area contributed by atoms with Crippen LogP contribution in [0.25, 0.3) is 0 Å². The minimum absolute atomic E-state index is 0.103. The van der Waals surface area contributed by atoms with Crippen molar-refractivity contribution < 1.29 is 14.3 Å². The maximum Gasteiger partial charge on any atom is 0.261 e. The molecule has 0 saturated heterocycles. The summed E-state index contributed by atoms with van der Waals surface area (Å²) >= 11 is 0. The van der Waals surface area contributed by atoms with E-state index in [1.807, 2.05) is 62.4 Å². The lowest BCUT2D eigenvalue weighted by Crippen LogP contribution is -2.49. The van der Waals surface area contributed by atoms with E-state index >= 15 is 0 Å². The Balaban J connectivity index is 2.22. The summed E-state index contributed by atoms with van der Waals surface area (Å²) in [5.41, 5.74) is 3.04. The van der Waals surface area contributed by atoms with Gasteiger partial charge < -0.3 is 15.0 Å². The van der Waals surface area contributed by atoms with E-state index in [1.165, 1.54) is 0 Å². The molecule has 1 N–H and O–H groups in total. The van der Waals surface area contributed by atoms with Crippen molar-refractivity contribution in [1.82, 2.24) is 10.2 Å². The van der Waals surface area contributed by atoms with Crippen molar-refractivity contribution in [3.05, 3.63) is 65.2 Å². The van der Waals surface area contributed by atoms with E-state index in [0.29, 0.717) is 18.8 Å². The van der Waals surface area contributed by atoms with Crippen LogP contribution in [-0.2, 0) is 21.5 Å². The summed E-state index contributed by atoms with van der Waals surface area (Å²) in [6, 6.07) is 15.1. The molecule has 0 unspecified atom stereocenters. The molecule has 0 aromatic heterocycles. The number of carbonyl (C=O) groups excluding carboxylic acids is 2. The number of para-hydroxylation sites is 1. The van der Waals surface area contributed by atoms with Gasteiger partial charge in [-0.05, 0) is 48.4 Å². The molecule has 0 aliphatic rings. The van der Waals surface area contributed by atoms with Gasteiger partial charge in [-0.15, -0.1) is 0 Å². The first-order valence-electron chi connectivity index (χ1n) is 11.0. The van der Waals surface area contributed by atoms with Gasteiger partial charge >= 0.3 is 0 Å². The Morgan fingerprint density at radius 3 is 2.35 bits per heavy atom. The molecule has 0 aliphatic heterocycles. The standard InChI is InChI=1S/C26H36N2O3/c1-7-16-27-25(30)20(3)28(17-21-13-9-8-12-19(21)2)24(29)18-31-23-15-11-10-14-22(23)26(4,5)6/h8-15,20H,7,16-18H2,1-6H3,(H,27,30)/t20-/m0/s1. The molecule has 0 bridgehead atoms. The Morgan fingerprint density at radius 2 is 1.71 bits per heavy atom. The van der Waals surface area contributed by atoms with Gasteiger partial charge in [0.15, 0.2) is 6.61 Å². The Labute approximate surface area is 186 Å². The SMILES string of the molecule is CCCNC(=O)[C@H](C)N(Cc1ccccc1C)C(=O)COc1ccccc1C(C)(C)C. The number of nitrogens with zero attached hydrogens (tertiary/aromatic N) is 1. The average molecular weight is 425 g/mol. The van der Waals surface area contributed by atoms with Crippen LogP contribution in [0.2, 0.25) is 0 Å². The molecule has 0 heterocycles. The molecule has 1 atom stereocenters. The summed E-state index contributed by atoms with van der Waals surface area (Å²) in [5.74, 6) is 0.326. The summed E-state index contributed by atoms with van der Waals surface area (Å²) in [7, 11) is 0. The molecule has 0 radical (unpaired) electrons. The number of benzene rings is 2. The second-order valence-electron chi connectivity index (χ2n) is 8.95. The molecule has 0 fully saturated rings. The van der Waals surface area contributed by atoms with Crippen LogP contribution < -0.4 is 10.1 Å². The van der Waals surface area contributed by atoms with Gasteiger partial charge in [0.2, 0.25) is 5.91 Å². The molecule has 0 aliphatic carbocycles. The Bertz CT molecular complexity index is 886. The number of ether oxygens (including phenoxy) is 1. The molecule has 5 nitrogen and oxygen atoms in total. The van der Waals surface area contributed by atoms with Gasteiger partial charge in [0.25, 0.3) is 5.91 Å². The van der Waals surface area contributed by atoms with Gasteiger partial charge in [-0.25, -0.2) is 0 Å². The normalized spacial score (nSPS) is 12.2. The van der Waals surface area contributed by atoms with E-state index in [0.717, 1.165) is 23.1 Å². The van der Waals surface area contributed by atoms with Gasteiger partial charge in [-0.3, -0.25) is 9.59 Å². The first-order chi connectivity index (χ1) is 14.6. The van der Waals surface area contributed by atoms with E-state index in [4.69, 9.17) is 4.74 Å². The van der Waals surface area contributed by atoms with E-state index in [2.05, 4.69) is 26.1 Å². The molecule has 2 aromatic carbocycles. The molecule has 31 heavy (non-hydrogen) atoms. The van der Waals surface area contributed by atoms with Crippen LogP contribution in [-0.4, -0.2) is 35.9 Å². The number of hydrogen-bond donors (Lipinski definition) is 1. The smallest absolute Gasteiger partial charge is 0.261 e. The third-order valence-corrected chi connectivity index (χ3v) is 5.36. The third-order valence-electron chi connectivity index (χ3n) is 5.36. The minimum Gasteiger partial charge on any atom is -0.483 e. The summed E-state index contributed by atoms with van der Waals surface area (Å²) in [5, 5.41) is 2.90. The number of rotatable bonds is 9. The van der Waals surface area contributed by atoms with Crippen LogP contribution in [0.4, 0.5) is 0 Å². The molecular weight excluding hydrogens is 388 g/mol. The first kappa shape index (κ1) is 24.4.